The van der Waals surface area contributed by atoms with Crippen LogP contribution in [0.25, 0.3) is 0 Å². The van der Waals surface area contributed by atoms with Gasteiger partial charge < -0.3 is 4.74 Å². The van der Waals surface area contributed by atoms with E-state index in [1.165, 1.54) is 0 Å². The van der Waals surface area contributed by atoms with Crippen LogP contribution in [0.15, 0.2) is 0 Å². The Morgan fingerprint density at radius 3 is 2.12 bits per heavy atom. The predicted octanol–water partition coefficient (Wildman–Crippen LogP) is 2.05. The van der Waals surface area contributed by atoms with Gasteiger partial charge in [0, 0.05) is 11.9 Å². The van der Waals surface area contributed by atoms with Gasteiger partial charge in [0.15, 0.2) is 0 Å². The first kappa shape index (κ1) is 8.44. The molecule has 0 aliphatic rings. The first-order chi connectivity index (χ1) is 3.68. The van der Waals surface area contributed by atoms with Gasteiger partial charge in [0.25, 0.3) is 0 Å². The summed E-state index contributed by atoms with van der Waals surface area (Å²) < 4.78 is 4.92. The van der Waals surface area contributed by atoms with Crippen molar-refractivity contribution in [1.82, 2.24) is 0 Å². The van der Waals surface area contributed by atoms with Crippen LogP contribution in [0.2, 0.25) is 0 Å². The third-order valence-electron chi connectivity index (χ3n) is 1.05. The fraction of sp³-hybridized carbons (Fsp3) is 1.00. The molecule has 0 aliphatic heterocycles. The number of ether oxygens (including phenoxy) is 1. The number of halogens is 1. The Morgan fingerprint density at radius 2 is 2.00 bits per heavy atom. The lowest BCUT2D eigenvalue weighted by molar-refractivity contribution is 0.190. The van der Waals surface area contributed by atoms with Crippen molar-refractivity contribution < 1.29 is 4.74 Å². The van der Waals surface area contributed by atoms with Crippen LogP contribution in [0.4, 0.5) is 0 Å². The molecule has 50 valence electrons. The van der Waals surface area contributed by atoms with Crippen molar-refractivity contribution in [2.75, 3.05) is 13.7 Å². The molecule has 0 fully saturated rings. The quantitative estimate of drug-likeness (QED) is 0.605. The zero-order valence-electron chi connectivity index (χ0n) is 5.65. The molecule has 0 bridgehead atoms. The molecule has 1 unspecified atom stereocenters. The van der Waals surface area contributed by atoms with Crippen LogP contribution in [-0.2, 0) is 4.74 Å². The third-order valence-corrected chi connectivity index (χ3v) is 2.37. The lowest BCUT2D eigenvalue weighted by atomic mass is 10.1. The molecule has 1 atom stereocenters. The van der Waals surface area contributed by atoms with Crippen molar-refractivity contribution in [1.29, 1.82) is 0 Å². The van der Waals surface area contributed by atoms with E-state index in [-0.39, 0.29) is 0 Å². The van der Waals surface area contributed by atoms with E-state index in [1.54, 1.807) is 7.11 Å². The number of hydrogen-bond donors (Lipinski definition) is 0. The summed E-state index contributed by atoms with van der Waals surface area (Å²) in [5.74, 6) is 0.662. The summed E-state index contributed by atoms with van der Waals surface area (Å²) in [6.45, 7) is 5.13. The maximum Gasteiger partial charge on any atom is 0.0590 e. The van der Waals surface area contributed by atoms with E-state index < -0.39 is 0 Å². The Morgan fingerprint density at radius 1 is 1.50 bits per heavy atom. The Hall–Kier alpha value is 0.440. The number of rotatable bonds is 3. The zero-order chi connectivity index (χ0) is 6.57. The molecule has 0 heterocycles. The molecular weight excluding hydrogens is 168 g/mol. The molecule has 0 rings (SSSR count). The fourth-order valence-electron chi connectivity index (χ4n) is 0.352. The normalized spacial score (nSPS) is 14.6. The summed E-state index contributed by atoms with van der Waals surface area (Å²) in [6.07, 6.45) is 0. The topological polar surface area (TPSA) is 9.23 Å². The maximum atomic E-state index is 4.92. The highest BCUT2D eigenvalue weighted by Crippen LogP contribution is 2.10. The van der Waals surface area contributed by atoms with E-state index in [1.807, 2.05) is 0 Å². The minimum absolute atomic E-state index is 0.507. The van der Waals surface area contributed by atoms with Crippen LogP contribution in [0, 0.1) is 5.92 Å². The van der Waals surface area contributed by atoms with Crippen LogP contribution in [-0.4, -0.2) is 18.5 Å². The minimum Gasteiger partial charge on any atom is -0.384 e. The molecule has 8 heavy (non-hydrogen) atoms. The van der Waals surface area contributed by atoms with Crippen molar-refractivity contribution in [3.05, 3.63) is 0 Å². The highest BCUT2D eigenvalue weighted by molar-refractivity contribution is 9.09. The highest BCUT2D eigenvalue weighted by atomic mass is 79.9. The van der Waals surface area contributed by atoms with E-state index >= 15 is 0 Å². The van der Waals surface area contributed by atoms with Gasteiger partial charge in [-0.15, -0.1) is 0 Å². The smallest absolute Gasteiger partial charge is 0.0590 e. The van der Waals surface area contributed by atoms with Crippen molar-refractivity contribution in [2.45, 2.75) is 18.7 Å². The first-order valence-electron chi connectivity index (χ1n) is 2.81. The molecule has 0 radical (unpaired) electrons. The Kier molecular flexibility index (Phi) is 4.57. The highest BCUT2D eigenvalue weighted by Gasteiger charge is 2.06. The molecule has 1 nitrogen and oxygen atoms in total. The van der Waals surface area contributed by atoms with E-state index in [0.29, 0.717) is 10.7 Å². The minimum atomic E-state index is 0.507. The average molecular weight is 181 g/mol. The van der Waals surface area contributed by atoms with E-state index in [0.717, 1.165) is 6.61 Å². The van der Waals surface area contributed by atoms with Crippen molar-refractivity contribution in [2.24, 2.45) is 5.92 Å². The summed E-state index contributed by atoms with van der Waals surface area (Å²) in [4.78, 5) is 0.507. The van der Waals surface area contributed by atoms with Crippen LogP contribution >= 0.6 is 15.9 Å². The first-order valence-corrected chi connectivity index (χ1v) is 3.73. The molecule has 0 aromatic rings. The largest absolute Gasteiger partial charge is 0.384 e. The van der Waals surface area contributed by atoms with E-state index in [9.17, 15) is 0 Å². The fourth-order valence-corrected chi connectivity index (χ4v) is 0.616. The second-order valence-electron chi connectivity index (χ2n) is 2.22. The summed E-state index contributed by atoms with van der Waals surface area (Å²) in [7, 11) is 1.72. The van der Waals surface area contributed by atoms with Crippen LogP contribution in [0.1, 0.15) is 13.8 Å². The van der Waals surface area contributed by atoms with Gasteiger partial charge in [-0.2, -0.15) is 0 Å². The lowest BCUT2D eigenvalue weighted by Crippen LogP contribution is -2.13. The van der Waals surface area contributed by atoms with Crippen molar-refractivity contribution >= 4 is 15.9 Å². The summed E-state index contributed by atoms with van der Waals surface area (Å²) in [5, 5.41) is 0. The van der Waals surface area contributed by atoms with Crippen molar-refractivity contribution in [3.63, 3.8) is 0 Å². The Labute approximate surface area is 59.5 Å². The van der Waals surface area contributed by atoms with Crippen molar-refractivity contribution in [3.8, 4) is 0 Å². The maximum absolute atomic E-state index is 4.92. The van der Waals surface area contributed by atoms with Gasteiger partial charge in [-0.3, -0.25) is 0 Å². The monoisotopic (exact) mass is 180 g/mol. The number of hydrogen-bond acceptors (Lipinski definition) is 1. The molecule has 0 saturated carbocycles. The SMILES string of the molecule is COCC(Br)C(C)C. The zero-order valence-corrected chi connectivity index (χ0v) is 7.23. The number of methoxy groups -OCH3 is 1. The average Bonchev–Trinajstić information content (AvgIpc) is 1.67. The van der Waals surface area contributed by atoms with Gasteiger partial charge in [-0.05, 0) is 5.92 Å². The molecule has 0 amide bonds. The summed E-state index contributed by atoms with van der Waals surface area (Å²) >= 11 is 3.48. The van der Waals surface area contributed by atoms with E-state index in [2.05, 4.69) is 29.8 Å². The molecular formula is C6H13BrO. The van der Waals surface area contributed by atoms with Crippen LogP contribution in [0.3, 0.4) is 0 Å². The predicted molar refractivity (Wildman–Crippen MR) is 39.4 cm³/mol. The Bertz CT molecular complexity index is 54.5. The molecule has 0 aromatic heterocycles. The second-order valence-corrected chi connectivity index (χ2v) is 3.39. The molecule has 0 spiro atoms. The van der Waals surface area contributed by atoms with Gasteiger partial charge >= 0.3 is 0 Å². The Balaban J connectivity index is 3.17. The molecule has 0 aromatic carbocycles. The molecule has 0 aliphatic carbocycles. The van der Waals surface area contributed by atoms with Crippen LogP contribution < -0.4 is 0 Å². The van der Waals surface area contributed by atoms with Gasteiger partial charge in [0.05, 0.1) is 6.61 Å². The van der Waals surface area contributed by atoms with E-state index in [4.69, 9.17) is 4.74 Å². The molecule has 0 N–H and O–H groups in total. The second kappa shape index (κ2) is 4.33. The summed E-state index contributed by atoms with van der Waals surface area (Å²) in [5.41, 5.74) is 0. The summed E-state index contributed by atoms with van der Waals surface area (Å²) in [6, 6.07) is 0. The van der Waals surface area contributed by atoms with Gasteiger partial charge in [-0.25, -0.2) is 0 Å². The molecule has 0 saturated heterocycles. The third kappa shape index (κ3) is 3.44. The van der Waals surface area contributed by atoms with Crippen LogP contribution in [0.5, 0.6) is 0 Å². The van der Waals surface area contributed by atoms with Gasteiger partial charge in [0.2, 0.25) is 0 Å². The lowest BCUT2D eigenvalue weighted by Gasteiger charge is -2.10. The van der Waals surface area contributed by atoms with Gasteiger partial charge in [-0.1, -0.05) is 29.8 Å². The molecule has 2 heteroatoms. The number of alkyl halides is 1. The van der Waals surface area contributed by atoms with Gasteiger partial charge in [0.1, 0.15) is 0 Å². The standard InChI is InChI=1S/C6H13BrO/c1-5(2)6(7)4-8-3/h5-6H,4H2,1-3H3.